The first kappa shape index (κ1) is 13.7. The minimum Gasteiger partial charge on any atom is -0.0883 e. The fourth-order valence-electron chi connectivity index (χ4n) is 1.46. The van der Waals surface area contributed by atoms with E-state index >= 15 is 0 Å². The number of hydrogen-bond donors (Lipinski definition) is 0. The summed E-state index contributed by atoms with van der Waals surface area (Å²) in [6.45, 7) is 11.5. The summed E-state index contributed by atoms with van der Waals surface area (Å²) in [5.41, 5.74) is 0. The smallest absolute Gasteiger partial charge is 0.0236 e. The molecule has 84 valence electrons. The first-order valence-electron chi connectivity index (χ1n) is 6.28. The molecule has 0 heteroatoms. The second-order valence-corrected chi connectivity index (χ2v) is 4.76. The van der Waals surface area contributed by atoms with E-state index in [0.717, 1.165) is 17.8 Å². The Bertz CT molecular complexity index is 146. The molecule has 0 rings (SSSR count). The monoisotopic (exact) mass is 196 g/mol. The summed E-state index contributed by atoms with van der Waals surface area (Å²) < 4.78 is 0. The van der Waals surface area contributed by atoms with E-state index in [4.69, 9.17) is 0 Å². The van der Waals surface area contributed by atoms with Gasteiger partial charge in [-0.1, -0.05) is 59.6 Å². The highest BCUT2D eigenvalue weighted by Gasteiger charge is 2.05. The molecule has 0 nitrogen and oxygen atoms in total. The Morgan fingerprint density at radius 2 is 1.64 bits per heavy atom. The van der Waals surface area contributed by atoms with E-state index in [1.54, 1.807) is 0 Å². The molecule has 0 saturated carbocycles. The minimum atomic E-state index is 0.747. The highest BCUT2D eigenvalue weighted by molar-refractivity contribution is 4.88. The van der Waals surface area contributed by atoms with E-state index < -0.39 is 0 Å². The van der Waals surface area contributed by atoms with Crippen molar-refractivity contribution in [2.45, 2.75) is 60.3 Å². The summed E-state index contributed by atoms with van der Waals surface area (Å²) in [6, 6.07) is 0. The average molecular weight is 196 g/mol. The molecule has 0 aliphatic rings. The van der Waals surface area contributed by atoms with Gasteiger partial charge in [0.1, 0.15) is 0 Å². The van der Waals surface area contributed by atoms with Gasteiger partial charge in [0.2, 0.25) is 0 Å². The van der Waals surface area contributed by atoms with Crippen LogP contribution in [0.1, 0.15) is 60.3 Å². The first-order valence-corrected chi connectivity index (χ1v) is 6.28. The van der Waals surface area contributed by atoms with Gasteiger partial charge < -0.3 is 0 Å². The van der Waals surface area contributed by atoms with Crippen LogP contribution in [0.5, 0.6) is 0 Å². The second kappa shape index (κ2) is 8.08. The van der Waals surface area contributed by atoms with Crippen LogP contribution in [0.2, 0.25) is 0 Å². The minimum absolute atomic E-state index is 0.747. The molecule has 3 atom stereocenters. The van der Waals surface area contributed by atoms with Crippen molar-refractivity contribution < 1.29 is 0 Å². The predicted molar refractivity (Wildman–Crippen MR) is 66.4 cm³/mol. The highest BCUT2D eigenvalue weighted by Crippen LogP contribution is 2.17. The normalized spacial score (nSPS) is 18.4. The van der Waals surface area contributed by atoms with Crippen LogP contribution in [0.4, 0.5) is 0 Å². The molecule has 14 heavy (non-hydrogen) atoms. The second-order valence-electron chi connectivity index (χ2n) is 4.76. The zero-order valence-electron chi connectivity index (χ0n) is 10.7. The molecule has 0 aromatic rings. The van der Waals surface area contributed by atoms with Gasteiger partial charge in [-0.15, -0.1) is 0 Å². The van der Waals surface area contributed by atoms with Gasteiger partial charge >= 0.3 is 0 Å². The van der Waals surface area contributed by atoms with E-state index in [0.29, 0.717) is 0 Å². The molecular formula is C14H28. The van der Waals surface area contributed by atoms with Gasteiger partial charge in [-0.3, -0.25) is 0 Å². The lowest BCUT2D eigenvalue weighted by molar-refractivity contribution is 0.444. The molecule has 0 N–H and O–H groups in total. The van der Waals surface area contributed by atoms with E-state index in [2.05, 4.69) is 46.8 Å². The van der Waals surface area contributed by atoms with Gasteiger partial charge in [-0.25, -0.2) is 0 Å². The van der Waals surface area contributed by atoms with Gasteiger partial charge in [0, 0.05) is 0 Å². The fraction of sp³-hybridized carbons (Fsp3) is 0.857. The third-order valence-electron chi connectivity index (χ3n) is 3.50. The first-order chi connectivity index (χ1) is 6.61. The Morgan fingerprint density at radius 1 is 1.00 bits per heavy atom. The van der Waals surface area contributed by atoms with Crippen molar-refractivity contribution in [1.29, 1.82) is 0 Å². The Hall–Kier alpha value is -0.260. The molecular weight excluding hydrogens is 168 g/mol. The van der Waals surface area contributed by atoms with Crippen molar-refractivity contribution >= 4 is 0 Å². The molecule has 0 radical (unpaired) electrons. The number of allylic oxidation sites excluding steroid dienone is 2. The van der Waals surface area contributed by atoms with Crippen molar-refractivity contribution in [3.05, 3.63) is 12.2 Å². The van der Waals surface area contributed by atoms with Crippen LogP contribution in [-0.2, 0) is 0 Å². The highest BCUT2D eigenvalue weighted by atomic mass is 14.1. The molecule has 0 aliphatic carbocycles. The van der Waals surface area contributed by atoms with Crippen LogP contribution in [0, 0.1) is 17.8 Å². The van der Waals surface area contributed by atoms with Gasteiger partial charge in [-0.2, -0.15) is 0 Å². The molecule has 3 unspecified atom stereocenters. The maximum Gasteiger partial charge on any atom is -0.0236 e. The molecule has 0 aliphatic heterocycles. The topological polar surface area (TPSA) is 0 Å². The Kier molecular flexibility index (Phi) is 7.93. The third kappa shape index (κ3) is 6.23. The maximum absolute atomic E-state index is 2.40. The zero-order chi connectivity index (χ0) is 11.0. The Morgan fingerprint density at radius 3 is 2.14 bits per heavy atom. The molecule has 0 amide bonds. The average Bonchev–Trinajstić information content (AvgIpc) is 2.22. The maximum atomic E-state index is 2.40. The van der Waals surface area contributed by atoms with Crippen LogP contribution in [-0.4, -0.2) is 0 Å². The number of rotatable bonds is 7. The Labute approximate surface area is 90.8 Å². The van der Waals surface area contributed by atoms with E-state index in [9.17, 15) is 0 Å². The van der Waals surface area contributed by atoms with E-state index in [-0.39, 0.29) is 0 Å². The summed E-state index contributed by atoms with van der Waals surface area (Å²) in [6.07, 6.45) is 9.99. The zero-order valence-corrected chi connectivity index (χ0v) is 10.7. The van der Waals surface area contributed by atoms with Crippen molar-refractivity contribution in [2.24, 2.45) is 17.8 Å². The predicted octanol–water partition coefficient (Wildman–Crippen LogP) is 5.05. The molecule has 0 aromatic heterocycles. The van der Waals surface area contributed by atoms with Crippen molar-refractivity contribution in [1.82, 2.24) is 0 Å². The van der Waals surface area contributed by atoms with Crippen LogP contribution in [0.25, 0.3) is 0 Å². The van der Waals surface area contributed by atoms with Crippen LogP contribution < -0.4 is 0 Å². The molecule has 0 fully saturated rings. The van der Waals surface area contributed by atoms with Crippen LogP contribution >= 0.6 is 0 Å². The van der Waals surface area contributed by atoms with Gasteiger partial charge in [0.05, 0.1) is 0 Å². The number of hydrogen-bond acceptors (Lipinski definition) is 0. The van der Waals surface area contributed by atoms with Gasteiger partial charge in [0.25, 0.3) is 0 Å². The van der Waals surface area contributed by atoms with Gasteiger partial charge in [-0.05, 0) is 30.6 Å². The standard InChI is InChI=1S/C14H28/c1-6-12(3)10-8-9-11-14(5)13(4)7-2/h9,11-14H,6-8,10H2,1-5H3. The lowest BCUT2D eigenvalue weighted by Crippen LogP contribution is -2.03. The molecule has 0 aromatic carbocycles. The summed E-state index contributed by atoms with van der Waals surface area (Å²) in [5.74, 6) is 2.46. The molecule has 0 heterocycles. The summed E-state index contributed by atoms with van der Waals surface area (Å²) in [7, 11) is 0. The quantitative estimate of drug-likeness (QED) is 0.500. The SMILES string of the molecule is CCC(C)CCC=CC(C)C(C)CC. The van der Waals surface area contributed by atoms with Crippen molar-refractivity contribution in [2.75, 3.05) is 0 Å². The molecule has 0 saturated heterocycles. The van der Waals surface area contributed by atoms with E-state index in [1.807, 2.05) is 0 Å². The third-order valence-corrected chi connectivity index (χ3v) is 3.50. The molecule has 0 spiro atoms. The van der Waals surface area contributed by atoms with E-state index in [1.165, 1.54) is 25.7 Å². The largest absolute Gasteiger partial charge is 0.0883 e. The van der Waals surface area contributed by atoms with Gasteiger partial charge in [0.15, 0.2) is 0 Å². The van der Waals surface area contributed by atoms with Crippen molar-refractivity contribution in [3.63, 3.8) is 0 Å². The lowest BCUT2D eigenvalue weighted by atomic mass is 9.92. The van der Waals surface area contributed by atoms with Crippen LogP contribution in [0.15, 0.2) is 12.2 Å². The summed E-state index contributed by atoms with van der Waals surface area (Å²) >= 11 is 0. The van der Waals surface area contributed by atoms with Crippen molar-refractivity contribution in [3.8, 4) is 0 Å². The Balaban J connectivity index is 3.61. The molecule has 0 bridgehead atoms. The van der Waals surface area contributed by atoms with Crippen LogP contribution in [0.3, 0.4) is 0 Å². The fourth-order valence-corrected chi connectivity index (χ4v) is 1.46. The summed E-state index contributed by atoms with van der Waals surface area (Å²) in [4.78, 5) is 0. The lowest BCUT2D eigenvalue weighted by Gasteiger charge is -2.13. The summed E-state index contributed by atoms with van der Waals surface area (Å²) in [5, 5.41) is 0.